The molecule has 0 aliphatic heterocycles. The van der Waals surface area contributed by atoms with Gasteiger partial charge >= 0.3 is 0 Å². The van der Waals surface area contributed by atoms with Crippen LogP contribution in [0.15, 0.2) is 48.0 Å². The first-order chi connectivity index (χ1) is 9.15. The Morgan fingerprint density at radius 2 is 1.84 bits per heavy atom. The molecule has 2 aromatic rings. The van der Waals surface area contributed by atoms with E-state index in [-0.39, 0.29) is 11.5 Å². The van der Waals surface area contributed by atoms with E-state index in [0.29, 0.717) is 22.6 Å². The summed E-state index contributed by atoms with van der Waals surface area (Å²) in [5, 5.41) is 10.4. The average Bonchev–Trinajstić information content (AvgIpc) is 2.71. The van der Waals surface area contributed by atoms with E-state index in [4.69, 9.17) is 11.6 Å². The first-order valence-corrected chi connectivity index (χ1v) is 6.34. The van der Waals surface area contributed by atoms with Gasteiger partial charge in [-0.1, -0.05) is 35.9 Å². The molecular formula is C16H11ClO2. The second-order valence-corrected chi connectivity index (χ2v) is 4.97. The van der Waals surface area contributed by atoms with Gasteiger partial charge < -0.3 is 5.11 Å². The number of phenols is 1. The number of phenolic OH excluding ortho intramolecular Hbond substituents is 1. The molecule has 94 valence electrons. The molecule has 2 aromatic carbocycles. The molecule has 0 unspecified atom stereocenters. The van der Waals surface area contributed by atoms with Crippen molar-refractivity contribution in [2.45, 2.75) is 6.42 Å². The molecule has 0 aromatic heterocycles. The van der Waals surface area contributed by atoms with Crippen LogP contribution in [0.2, 0.25) is 5.02 Å². The summed E-state index contributed by atoms with van der Waals surface area (Å²) in [6.45, 7) is 0. The Balaban J connectivity index is 2.00. The molecule has 0 spiro atoms. The van der Waals surface area contributed by atoms with Crippen molar-refractivity contribution < 1.29 is 9.90 Å². The molecule has 0 saturated carbocycles. The molecule has 3 heteroatoms. The first-order valence-electron chi connectivity index (χ1n) is 5.97. The van der Waals surface area contributed by atoms with Crippen LogP contribution in [0.5, 0.6) is 5.75 Å². The monoisotopic (exact) mass is 270 g/mol. The van der Waals surface area contributed by atoms with E-state index >= 15 is 0 Å². The summed E-state index contributed by atoms with van der Waals surface area (Å²) in [6.07, 6.45) is 2.41. The summed E-state index contributed by atoms with van der Waals surface area (Å²) < 4.78 is 0. The number of benzene rings is 2. The highest BCUT2D eigenvalue weighted by Gasteiger charge is 2.27. The van der Waals surface area contributed by atoms with Gasteiger partial charge in [0, 0.05) is 17.0 Å². The van der Waals surface area contributed by atoms with Crippen molar-refractivity contribution in [1.82, 2.24) is 0 Å². The third-order valence-electron chi connectivity index (χ3n) is 3.24. The summed E-state index contributed by atoms with van der Waals surface area (Å²) in [5.74, 6) is -0.0370. The molecular weight excluding hydrogens is 260 g/mol. The number of aromatic hydroxyl groups is 1. The van der Waals surface area contributed by atoms with E-state index in [0.717, 1.165) is 11.1 Å². The Hall–Kier alpha value is -2.06. The summed E-state index contributed by atoms with van der Waals surface area (Å²) >= 11 is 5.83. The fourth-order valence-corrected chi connectivity index (χ4v) is 2.44. The Labute approximate surface area is 116 Å². The molecule has 0 radical (unpaired) electrons. The van der Waals surface area contributed by atoms with Crippen molar-refractivity contribution in [3.05, 3.63) is 69.8 Å². The van der Waals surface area contributed by atoms with Crippen LogP contribution in [0.1, 0.15) is 21.5 Å². The van der Waals surface area contributed by atoms with Crippen LogP contribution in [0.4, 0.5) is 0 Å². The van der Waals surface area contributed by atoms with Crippen LogP contribution in [0, 0.1) is 0 Å². The number of halogens is 1. The lowest BCUT2D eigenvalue weighted by molar-refractivity contribution is 0.103. The quantitative estimate of drug-likeness (QED) is 0.799. The van der Waals surface area contributed by atoms with Crippen molar-refractivity contribution in [1.29, 1.82) is 0 Å². The van der Waals surface area contributed by atoms with Crippen LogP contribution >= 0.6 is 11.6 Å². The summed E-state index contributed by atoms with van der Waals surface area (Å²) in [4.78, 5) is 12.2. The molecule has 1 aliphatic rings. The second kappa shape index (κ2) is 4.56. The molecule has 0 saturated heterocycles. The van der Waals surface area contributed by atoms with E-state index < -0.39 is 0 Å². The predicted molar refractivity (Wildman–Crippen MR) is 75.6 cm³/mol. The highest BCUT2D eigenvalue weighted by atomic mass is 35.5. The smallest absolute Gasteiger partial charge is 0.193 e. The standard InChI is InChI=1S/C16H11ClO2/c17-13-6-4-10(5-7-13)8-12-9-11-2-1-3-14(18)15(11)16(12)19/h1-8,18H,9H2/b12-8+. The van der Waals surface area contributed by atoms with Gasteiger partial charge in [0.05, 0.1) is 5.56 Å². The summed E-state index contributed by atoms with van der Waals surface area (Å²) in [6, 6.07) is 12.5. The maximum absolute atomic E-state index is 12.2. The third-order valence-corrected chi connectivity index (χ3v) is 3.49. The van der Waals surface area contributed by atoms with E-state index in [1.54, 1.807) is 24.3 Å². The predicted octanol–water partition coefficient (Wildman–Crippen LogP) is 3.87. The van der Waals surface area contributed by atoms with Crippen molar-refractivity contribution in [2.75, 3.05) is 0 Å². The maximum Gasteiger partial charge on any atom is 0.193 e. The number of carbonyl (C=O) groups excluding carboxylic acids is 1. The number of Topliss-reactive ketones (excluding diaryl/α,β-unsaturated/α-hetero) is 1. The summed E-state index contributed by atoms with van der Waals surface area (Å²) in [5.41, 5.74) is 2.94. The topological polar surface area (TPSA) is 37.3 Å². The van der Waals surface area contributed by atoms with Crippen molar-refractivity contribution in [3.63, 3.8) is 0 Å². The molecule has 1 N–H and O–H groups in total. The Morgan fingerprint density at radius 1 is 1.11 bits per heavy atom. The summed E-state index contributed by atoms with van der Waals surface area (Å²) in [7, 11) is 0. The zero-order valence-electron chi connectivity index (χ0n) is 10.1. The lowest BCUT2D eigenvalue weighted by Crippen LogP contribution is -1.95. The number of hydrogen-bond acceptors (Lipinski definition) is 2. The van der Waals surface area contributed by atoms with Gasteiger partial charge in [0.15, 0.2) is 5.78 Å². The molecule has 0 amide bonds. The maximum atomic E-state index is 12.2. The third kappa shape index (κ3) is 2.15. The molecule has 0 bridgehead atoms. The van der Waals surface area contributed by atoms with Gasteiger partial charge in [0.2, 0.25) is 0 Å². The fourth-order valence-electron chi connectivity index (χ4n) is 2.32. The zero-order chi connectivity index (χ0) is 13.4. The number of hydrogen-bond donors (Lipinski definition) is 1. The molecule has 0 fully saturated rings. The van der Waals surface area contributed by atoms with Gasteiger partial charge in [0.1, 0.15) is 5.75 Å². The SMILES string of the molecule is O=C1/C(=C/c2ccc(Cl)cc2)Cc2cccc(O)c21. The van der Waals surface area contributed by atoms with E-state index in [2.05, 4.69) is 0 Å². The van der Waals surface area contributed by atoms with Crippen molar-refractivity contribution in [2.24, 2.45) is 0 Å². The number of ketones is 1. The highest BCUT2D eigenvalue weighted by Crippen LogP contribution is 2.33. The molecule has 1 aliphatic carbocycles. The van der Waals surface area contributed by atoms with Crippen LogP contribution < -0.4 is 0 Å². The molecule has 19 heavy (non-hydrogen) atoms. The average molecular weight is 271 g/mol. The zero-order valence-corrected chi connectivity index (χ0v) is 10.8. The minimum absolute atomic E-state index is 0.0574. The van der Waals surface area contributed by atoms with Gasteiger partial charge in [-0.3, -0.25) is 4.79 Å². The van der Waals surface area contributed by atoms with Crippen molar-refractivity contribution in [3.8, 4) is 5.75 Å². The van der Waals surface area contributed by atoms with Gasteiger partial charge in [0.25, 0.3) is 0 Å². The fraction of sp³-hybridized carbons (Fsp3) is 0.0625. The lowest BCUT2D eigenvalue weighted by atomic mass is 10.1. The van der Waals surface area contributed by atoms with Gasteiger partial charge in [-0.15, -0.1) is 0 Å². The minimum Gasteiger partial charge on any atom is -0.507 e. The van der Waals surface area contributed by atoms with Crippen LogP contribution in [0.25, 0.3) is 6.08 Å². The minimum atomic E-state index is -0.0944. The Bertz CT molecular complexity index is 684. The number of rotatable bonds is 1. The number of allylic oxidation sites excluding steroid dienone is 1. The first kappa shape index (κ1) is 12.0. The van der Waals surface area contributed by atoms with E-state index in [9.17, 15) is 9.90 Å². The van der Waals surface area contributed by atoms with Crippen LogP contribution in [-0.2, 0) is 6.42 Å². The Kier molecular flexibility index (Phi) is 2.88. The second-order valence-electron chi connectivity index (χ2n) is 4.54. The number of fused-ring (bicyclic) bond motifs is 1. The molecule has 2 nitrogen and oxygen atoms in total. The largest absolute Gasteiger partial charge is 0.507 e. The van der Waals surface area contributed by atoms with Crippen LogP contribution in [-0.4, -0.2) is 10.9 Å². The molecule has 0 heterocycles. The van der Waals surface area contributed by atoms with Gasteiger partial charge in [-0.25, -0.2) is 0 Å². The normalized spacial score (nSPS) is 15.8. The molecule has 0 atom stereocenters. The van der Waals surface area contributed by atoms with Gasteiger partial charge in [-0.05, 0) is 35.4 Å². The van der Waals surface area contributed by atoms with Crippen molar-refractivity contribution >= 4 is 23.5 Å². The lowest BCUT2D eigenvalue weighted by Gasteiger charge is -1.98. The highest BCUT2D eigenvalue weighted by molar-refractivity contribution is 6.30. The van der Waals surface area contributed by atoms with E-state index in [1.807, 2.05) is 24.3 Å². The Morgan fingerprint density at radius 3 is 2.53 bits per heavy atom. The molecule has 3 rings (SSSR count). The number of carbonyl (C=O) groups is 1. The van der Waals surface area contributed by atoms with Gasteiger partial charge in [-0.2, -0.15) is 0 Å². The van der Waals surface area contributed by atoms with Crippen LogP contribution in [0.3, 0.4) is 0 Å². The van der Waals surface area contributed by atoms with E-state index in [1.165, 1.54) is 0 Å².